The van der Waals surface area contributed by atoms with Crippen LogP contribution < -0.4 is 16.0 Å². The second kappa shape index (κ2) is 13.1. The first-order chi connectivity index (χ1) is 12.3. The van der Waals surface area contributed by atoms with Gasteiger partial charge in [0, 0.05) is 75.4 Å². The van der Waals surface area contributed by atoms with Crippen LogP contribution in [0.25, 0.3) is 0 Å². The molecule has 0 bridgehead atoms. The number of urea groups is 2. The summed E-state index contributed by atoms with van der Waals surface area (Å²) in [4.78, 5) is 27.8. The van der Waals surface area contributed by atoms with Gasteiger partial charge in [-0.05, 0) is 0 Å². The van der Waals surface area contributed by atoms with Crippen LogP contribution in [-0.4, -0.2) is 97.2 Å². The van der Waals surface area contributed by atoms with Crippen molar-refractivity contribution < 1.29 is 9.59 Å². The smallest absolute Gasteiger partial charge is 0.317 e. The van der Waals surface area contributed by atoms with Gasteiger partial charge in [-0.1, -0.05) is 43.2 Å². The van der Waals surface area contributed by atoms with Gasteiger partial charge in [0.25, 0.3) is 0 Å². The standard InChI is InChI=1S/C14H27N5O2S4/c20-13(18-5-9-22-23-10-6-18)16-3-1-15-2-4-17-14(21)19-7-11-24-25-12-8-19/h15H,1-12H2,(H,16,20)(H,17,21). The first-order valence-corrected chi connectivity index (χ1v) is 13.5. The molecule has 144 valence electrons. The van der Waals surface area contributed by atoms with Gasteiger partial charge < -0.3 is 25.8 Å². The molecule has 25 heavy (non-hydrogen) atoms. The molecule has 2 rings (SSSR count). The second-order valence-electron chi connectivity index (χ2n) is 5.48. The molecule has 2 aliphatic heterocycles. The fourth-order valence-electron chi connectivity index (χ4n) is 2.32. The molecule has 0 radical (unpaired) electrons. The largest absolute Gasteiger partial charge is 0.337 e. The molecule has 7 nitrogen and oxygen atoms in total. The maximum Gasteiger partial charge on any atom is 0.317 e. The van der Waals surface area contributed by atoms with Crippen LogP contribution in [0.15, 0.2) is 0 Å². The molecule has 4 amide bonds. The van der Waals surface area contributed by atoms with Gasteiger partial charge >= 0.3 is 12.1 Å². The van der Waals surface area contributed by atoms with Gasteiger partial charge in [-0.3, -0.25) is 0 Å². The zero-order chi connectivity index (χ0) is 17.7. The number of hydrogen-bond donors (Lipinski definition) is 3. The topological polar surface area (TPSA) is 76.7 Å². The van der Waals surface area contributed by atoms with Crippen molar-refractivity contribution in [3.05, 3.63) is 0 Å². The van der Waals surface area contributed by atoms with Crippen LogP contribution >= 0.6 is 43.2 Å². The first kappa shape index (κ1) is 21.2. The van der Waals surface area contributed by atoms with Crippen LogP contribution in [0.5, 0.6) is 0 Å². The minimum absolute atomic E-state index is 0.0232. The van der Waals surface area contributed by atoms with Gasteiger partial charge in [-0.25, -0.2) is 9.59 Å². The van der Waals surface area contributed by atoms with Gasteiger partial charge in [-0.2, -0.15) is 0 Å². The van der Waals surface area contributed by atoms with E-state index in [1.807, 2.05) is 53.0 Å². The molecule has 0 spiro atoms. The molecule has 3 N–H and O–H groups in total. The number of carbonyl (C=O) groups is 2. The third kappa shape index (κ3) is 8.89. The minimum Gasteiger partial charge on any atom is -0.337 e. The maximum absolute atomic E-state index is 12.0. The van der Waals surface area contributed by atoms with E-state index >= 15 is 0 Å². The molecule has 2 aliphatic rings. The summed E-state index contributed by atoms with van der Waals surface area (Å²) in [5, 5.41) is 9.13. The molecule has 0 atom stereocenters. The first-order valence-electron chi connectivity index (χ1n) is 8.52. The van der Waals surface area contributed by atoms with Gasteiger partial charge in [0.05, 0.1) is 0 Å². The molecular weight excluding hydrogens is 398 g/mol. The van der Waals surface area contributed by atoms with E-state index in [-0.39, 0.29) is 12.1 Å². The highest BCUT2D eigenvalue weighted by Crippen LogP contribution is 2.24. The Morgan fingerprint density at radius 3 is 1.36 bits per heavy atom. The molecule has 0 aromatic rings. The molecule has 2 heterocycles. The van der Waals surface area contributed by atoms with Gasteiger partial charge in [0.2, 0.25) is 0 Å². The van der Waals surface area contributed by atoms with Crippen molar-refractivity contribution in [2.45, 2.75) is 0 Å². The average Bonchev–Trinajstić information content (AvgIpc) is 3.05. The zero-order valence-electron chi connectivity index (χ0n) is 14.3. The fourth-order valence-corrected chi connectivity index (χ4v) is 6.28. The average molecular weight is 426 g/mol. The third-order valence-electron chi connectivity index (χ3n) is 3.68. The minimum atomic E-state index is 0.0232. The molecule has 0 saturated carbocycles. The number of hydrogen-bond acceptors (Lipinski definition) is 7. The van der Waals surface area contributed by atoms with Crippen LogP contribution in [0.1, 0.15) is 0 Å². The fraction of sp³-hybridized carbons (Fsp3) is 0.857. The van der Waals surface area contributed by atoms with Crippen molar-refractivity contribution in [1.82, 2.24) is 25.8 Å². The number of rotatable bonds is 6. The van der Waals surface area contributed by atoms with Crippen molar-refractivity contribution in [1.29, 1.82) is 0 Å². The summed E-state index contributed by atoms with van der Waals surface area (Å²) >= 11 is 0. The Morgan fingerprint density at radius 2 is 1.00 bits per heavy atom. The molecule has 11 heteroatoms. The lowest BCUT2D eigenvalue weighted by molar-refractivity contribution is 0.204. The van der Waals surface area contributed by atoms with E-state index in [4.69, 9.17) is 0 Å². The van der Waals surface area contributed by atoms with E-state index in [0.29, 0.717) is 26.2 Å². The zero-order valence-corrected chi connectivity index (χ0v) is 17.6. The van der Waals surface area contributed by atoms with Crippen molar-refractivity contribution >= 4 is 55.2 Å². The monoisotopic (exact) mass is 425 g/mol. The van der Waals surface area contributed by atoms with Crippen LogP contribution in [0.2, 0.25) is 0 Å². The Labute approximate surface area is 165 Å². The Morgan fingerprint density at radius 1 is 0.640 bits per heavy atom. The van der Waals surface area contributed by atoms with Crippen LogP contribution in [0, 0.1) is 0 Å². The predicted octanol–water partition coefficient (Wildman–Crippen LogP) is 1.39. The van der Waals surface area contributed by atoms with Gasteiger partial charge in [0.15, 0.2) is 0 Å². The van der Waals surface area contributed by atoms with Crippen LogP contribution in [0.3, 0.4) is 0 Å². The third-order valence-corrected chi connectivity index (χ3v) is 8.41. The van der Waals surface area contributed by atoms with Crippen LogP contribution in [0.4, 0.5) is 9.59 Å². The summed E-state index contributed by atoms with van der Waals surface area (Å²) in [6.45, 7) is 5.88. The molecule has 2 fully saturated rings. The number of carbonyl (C=O) groups excluding carboxylic acids is 2. The molecular formula is C14H27N5O2S4. The van der Waals surface area contributed by atoms with E-state index in [1.54, 1.807) is 0 Å². The quantitative estimate of drug-likeness (QED) is 0.438. The van der Waals surface area contributed by atoms with E-state index in [1.165, 1.54) is 0 Å². The van der Waals surface area contributed by atoms with E-state index in [2.05, 4.69) is 16.0 Å². The Kier molecular flexibility index (Phi) is 11.1. The molecule has 0 aliphatic carbocycles. The van der Waals surface area contributed by atoms with E-state index in [9.17, 15) is 9.59 Å². The number of amides is 4. The lowest BCUT2D eigenvalue weighted by Crippen LogP contribution is -2.45. The number of nitrogens with zero attached hydrogens (tertiary/aromatic N) is 2. The summed E-state index contributed by atoms with van der Waals surface area (Å²) in [5.41, 5.74) is 0. The van der Waals surface area contributed by atoms with Crippen molar-refractivity contribution in [2.75, 3.05) is 75.4 Å². The highest BCUT2D eigenvalue weighted by atomic mass is 33.1. The summed E-state index contributed by atoms with van der Waals surface area (Å²) in [6.07, 6.45) is 0. The Bertz CT molecular complexity index is 367. The second-order valence-corrected chi connectivity index (χ2v) is 10.9. The molecule has 0 aromatic heterocycles. The normalized spacial score (nSPS) is 19.0. The highest BCUT2D eigenvalue weighted by molar-refractivity contribution is 8.77. The Hall–Kier alpha value is -0.100. The van der Waals surface area contributed by atoms with Crippen LogP contribution in [-0.2, 0) is 0 Å². The van der Waals surface area contributed by atoms with E-state index < -0.39 is 0 Å². The summed E-state index contributed by atoms with van der Waals surface area (Å²) < 4.78 is 0. The highest BCUT2D eigenvalue weighted by Gasteiger charge is 2.16. The predicted molar refractivity (Wildman–Crippen MR) is 113 cm³/mol. The number of nitrogens with one attached hydrogen (secondary N) is 3. The van der Waals surface area contributed by atoms with Crippen molar-refractivity contribution in [2.24, 2.45) is 0 Å². The summed E-state index contributed by atoms with van der Waals surface area (Å²) in [5.74, 6) is 3.96. The maximum atomic E-state index is 12.0. The molecule has 2 saturated heterocycles. The lowest BCUT2D eigenvalue weighted by Gasteiger charge is -2.21. The summed E-state index contributed by atoms with van der Waals surface area (Å²) in [7, 11) is 7.32. The van der Waals surface area contributed by atoms with E-state index in [0.717, 1.165) is 49.2 Å². The Balaban J connectivity index is 1.46. The molecule has 0 unspecified atom stereocenters. The van der Waals surface area contributed by atoms with Gasteiger partial charge in [-0.15, -0.1) is 0 Å². The SMILES string of the molecule is O=C(NCCNCCNC(=O)N1CCSSCC1)N1CCSSCC1. The lowest BCUT2D eigenvalue weighted by atomic mass is 10.5. The summed E-state index contributed by atoms with van der Waals surface area (Å²) in [6, 6.07) is 0.0465. The van der Waals surface area contributed by atoms with Gasteiger partial charge in [0.1, 0.15) is 0 Å². The van der Waals surface area contributed by atoms with Crippen molar-refractivity contribution in [3.8, 4) is 0 Å². The van der Waals surface area contributed by atoms with Crippen molar-refractivity contribution in [3.63, 3.8) is 0 Å². The molecule has 0 aromatic carbocycles.